The molecule has 0 atom stereocenters. The molecule has 26 heavy (non-hydrogen) atoms. The fourth-order valence-electron chi connectivity index (χ4n) is 2.95. The Kier molecular flexibility index (Phi) is 9.45. The van der Waals surface area contributed by atoms with Crippen molar-refractivity contribution in [3.8, 4) is 0 Å². The lowest BCUT2D eigenvalue weighted by atomic mass is 10.1. The number of ether oxygens (including phenoxy) is 1. The van der Waals surface area contributed by atoms with E-state index in [0.717, 1.165) is 64.8 Å². The van der Waals surface area contributed by atoms with Gasteiger partial charge in [0, 0.05) is 59.5 Å². The van der Waals surface area contributed by atoms with Crippen LogP contribution in [0.5, 0.6) is 0 Å². The number of benzene rings is 1. The first-order valence-corrected chi connectivity index (χ1v) is 9.71. The third kappa shape index (κ3) is 7.72. The van der Waals surface area contributed by atoms with Crippen LogP contribution >= 0.6 is 0 Å². The molecule has 146 valence electrons. The molecule has 0 bridgehead atoms. The van der Waals surface area contributed by atoms with Gasteiger partial charge in [-0.25, -0.2) is 4.99 Å². The second-order valence-electron chi connectivity index (χ2n) is 6.86. The molecular formula is C20H35N5O. The number of nitrogens with zero attached hydrogens (tertiary/aromatic N) is 3. The SMILES string of the molecule is CCNC(=NCc1ccc(CN2CCN(C)CC2)cc1)NCCCOC. The number of rotatable bonds is 9. The third-order valence-corrected chi connectivity index (χ3v) is 4.61. The molecule has 0 unspecified atom stereocenters. The van der Waals surface area contributed by atoms with E-state index in [1.54, 1.807) is 7.11 Å². The van der Waals surface area contributed by atoms with E-state index in [1.165, 1.54) is 11.1 Å². The Hall–Kier alpha value is -1.63. The Morgan fingerprint density at radius 1 is 1.08 bits per heavy atom. The number of hydrogen-bond donors (Lipinski definition) is 2. The van der Waals surface area contributed by atoms with E-state index < -0.39 is 0 Å². The van der Waals surface area contributed by atoms with Crippen LogP contribution in [-0.4, -0.2) is 75.8 Å². The highest BCUT2D eigenvalue weighted by atomic mass is 16.5. The van der Waals surface area contributed by atoms with Gasteiger partial charge >= 0.3 is 0 Å². The Morgan fingerprint density at radius 3 is 2.42 bits per heavy atom. The summed E-state index contributed by atoms with van der Waals surface area (Å²) in [5.74, 6) is 0.866. The average molecular weight is 362 g/mol. The zero-order valence-corrected chi connectivity index (χ0v) is 16.6. The first kappa shape index (κ1) is 20.7. The maximum absolute atomic E-state index is 5.08. The van der Waals surface area contributed by atoms with E-state index in [9.17, 15) is 0 Å². The highest BCUT2D eigenvalue weighted by Crippen LogP contribution is 2.10. The van der Waals surface area contributed by atoms with Crippen LogP contribution in [0, 0.1) is 0 Å². The first-order valence-electron chi connectivity index (χ1n) is 9.71. The molecule has 1 aromatic carbocycles. The van der Waals surface area contributed by atoms with Crippen molar-refractivity contribution in [3.63, 3.8) is 0 Å². The second-order valence-corrected chi connectivity index (χ2v) is 6.86. The molecule has 1 saturated heterocycles. The minimum atomic E-state index is 0.689. The third-order valence-electron chi connectivity index (χ3n) is 4.61. The topological polar surface area (TPSA) is 52.1 Å². The predicted octanol–water partition coefficient (Wildman–Crippen LogP) is 1.53. The van der Waals surface area contributed by atoms with E-state index >= 15 is 0 Å². The molecule has 2 N–H and O–H groups in total. The Balaban J connectivity index is 1.80. The smallest absolute Gasteiger partial charge is 0.191 e. The van der Waals surface area contributed by atoms with Crippen molar-refractivity contribution < 1.29 is 4.74 Å². The number of guanidine groups is 1. The molecule has 0 aliphatic carbocycles. The van der Waals surface area contributed by atoms with E-state index in [-0.39, 0.29) is 0 Å². The van der Waals surface area contributed by atoms with Crippen LogP contribution in [0.25, 0.3) is 0 Å². The van der Waals surface area contributed by atoms with Crippen molar-refractivity contribution in [1.29, 1.82) is 0 Å². The number of hydrogen-bond acceptors (Lipinski definition) is 4. The summed E-state index contributed by atoms with van der Waals surface area (Å²) in [4.78, 5) is 9.59. The molecule has 0 radical (unpaired) electrons. The molecular weight excluding hydrogens is 326 g/mol. The van der Waals surface area contributed by atoms with Gasteiger partial charge in [0.1, 0.15) is 0 Å². The summed E-state index contributed by atoms with van der Waals surface area (Å²) in [5.41, 5.74) is 2.62. The van der Waals surface area contributed by atoms with Crippen molar-refractivity contribution >= 4 is 5.96 Å². The molecule has 6 nitrogen and oxygen atoms in total. The van der Waals surface area contributed by atoms with Crippen molar-refractivity contribution in [1.82, 2.24) is 20.4 Å². The largest absolute Gasteiger partial charge is 0.385 e. The minimum absolute atomic E-state index is 0.689. The monoisotopic (exact) mass is 361 g/mol. The number of methoxy groups -OCH3 is 1. The lowest BCUT2D eigenvalue weighted by Crippen LogP contribution is -2.43. The molecule has 1 aliphatic rings. The molecule has 1 heterocycles. The van der Waals surface area contributed by atoms with Crippen LogP contribution < -0.4 is 10.6 Å². The fourth-order valence-corrected chi connectivity index (χ4v) is 2.95. The Labute approximate surface area is 158 Å². The highest BCUT2D eigenvalue weighted by molar-refractivity contribution is 5.79. The maximum Gasteiger partial charge on any atom is 0.191 e. The lowest BCUT2D eigenvalue weighted by Gasteiger charge is -2.32. The normalized spacial score (nSPS) is 16.7. The van der Waals surface area contributed by atoms with Crippen LogP contribution in [0.4, 0.5) is 0 Å². The Morgan fingerprint density at radius 2 is 1.77 bits per heavy atom. The maximum atomic E-state index is 5.08. The summed E-state index contributed by atoms with van der Waals surface area (Å²) in [6, 6.07) is 8.87. The summed E-state index contributed by atoms with van der Waals surface area (Å²) in [6.45, 7) is 10.9. The summed E-state index contributed by atoms with van der Waals surface area (Å²) in [5, 5.41) is 6.63. The van der Waals surface area contributed by atoms with Crippen molar-refractivity contribution in [2.45, 2.75) is 26.4 Å². The second kappa shape index (κ2) is 11.9. The quantitative estimate of drug-likeness (QED) is 0.397. The zero-order valence-electron chi connectivity index (χ0n) is 16.6. The standard InChI is InChI=1S/C20H35N5O/c1-4-21-20(22-10-5-15-26-3)23-16-18-6-8-19(9-7-18)17-25-13-11-24(2)12-14-25/h6-9H,4-5,10-17H2,1-3H3,(H2,21,22,23). The molecule has 0 aromatic heterocycles. The molecule has 1 aromatic rings. The van der Waals surface area contributed by atoms with Crippen molar-refractivity contribution in [3.05, 3.63) is 35.4 Å². The van der Waals surface area contributed by atoms with Gasteiger partial charge in [0.05, 0.1) is 6.54 Å². The van der Waals surface area contributed by atoms with Gasteiger partial charge in [-0.2, -0.15) is 0 Å². The molecule has 1 aliphatic heterocycles. The van der Waals surface area contributed by atoms with Crippen molar-refractivity contribution in [2.24, 2.45) is 4.99 Å². The number of likely N-dealkylation sites (N-methyl/N-ethyl adjacent to an activating group) is 1. The van der Waals surface area contributed by atoms with Gasteiger partial charge in [-0.15, -0.1) is 0 Å². The van der Waals surface area contributed by atoms with Crippen LogP contribution in [0.2, 0.25) is 0 Å². The van der Waals surface area contributed by atoms with Crippen LogP contribution in [0.1, 0.15) is 24.5 Å². The van der Waals surface area contributed by atoms with Gasteiger partial charge in [0.25, 0.3) is 0 Å². The first-order chi connectivity index (χ1) is 12.7. The fraction of sp³-hybridized carbons (Fsp3) is 0.650. The minimum Gasteiger partial charge on any atom is -0.385 e. The summed E-state index contributed by atoms with van der Waals surface area (Å²) in [7, 11) is 3.92. The lowest BCUT2D eigenvalue weighted by molar-refractivity contribution is 0.148. The van der Waals surface area contributed by atoms with Crippen LogP contribution in [0.15, 0.2) is 29.3 Å². The van der Waals surface area contributed by atoms with Gasteiger partial charge in [0.2, 0.25) is 0 Å². The summed E-state index contributed by atoms with van der Waals surface area (Å²) in [6.07, 6.45) is 0.974. The molecule has 0 spiro atoms. The summed E-state index contributed by atoms with van der Waals surface area (Å²) >= 11 is 0. The van der Waals surface area contributed by atoms with Crippen LogP contribution in [-0.2, 0) is 17.8 Å². The number of aliphatic imine (C=N–C) groups is 1. The van der Waals surface area contributed by atoms with E-state index in [0.29, 0.717) is 6.54 Å². The highest BCUT2D eigenvalue weighted by Gasteiger charge is 2.13. The molecule has 2 rings (SSSR count). The van der Waals surface area contributed by atoms with Gasteiger partial charge in [-0.3, -0.25) is 4.90 Å². The number of piperazine rings is 1. The molecule has 6 heteroatoms. The predicted molar refractivity (Wildman–Crippen MR) is 109 cm³/mol. The summed E-state index contributed by atoms with van der Waals surface area (Å²) < 4.78 is 5.08. The van der Waals surface area contributed by atoms with Gasteiger partial charge in [-0.05, 0) is 31.5 Å². The zero-order chi connectivity index (χ0) is 18.6. The Bertz CT molecular complexity index is 524. The van der Waals surface area contributed by atoms with Crippen molar-refractivity contribution in [2.75, 3.05) is 60.0 Å². The van der Waals surface area contributed by atoms with Gasteiger partial charge in [-0.1, -0.05) is 24.3 Å². The molecule has 0 saturated carbocycles. The molecule has 0 amide bonds. The van der Waals surface area contributed by atoms with Gasteiger partial charge < -0.3 is 20.3 Å². The van der Waals surface area contributed by atoms with E-state index in [2.05, 4.69) is 63.7 Å². The van der Waals surface area contributed by atoms with E-state index in [4.69, 9.17) is 4.74 Å². The number of nitrogens with one attached hydrogen (secondary N) is 2. The average Bonchev–Trinajstić information content (AvgIpc) is 2.66. The van der Waals surface area contributed by atoms with Crippen LogP contribution in [0.3, 0.4) is 0 Å². The van der Waals surface area contributed by atoms with E-state index in [1.807, 2.05) is 0 Å². The van der Waals surface area contributed by atoms with Gasteiger partial charge in [0.15, 0.2) is 5.96 Å². The molecule has 1 fully saturated rings.